The third kappa shape index (κ3) is 4.61. The van der Waals surface area contributed by atoms with Crippen LogP contribution in [0, 0.1) is 0 Å². The number of carboxylic acid groups (broad SMARTS) is 1. The van der Waals surface area contributed by atoms with Gasteiger partial charge < -0.3 is 14.7 Å². The van der Waals surface area contributed by atoms with Crippen LogP contribution < -0.4 is 4.74 Å². The Bertz CT molecular complexity index is 493. The van der Waals surface area contributed by atoms with E-state index >= 15 is 0 Å². The van der Waals surface area contributed by atoms with Crippen LogP contribution in [0.3, 0.4) is 0 Å². The fraction of sp³-hybridized carbons (Fsp3) is 0.333. The van der Waals surface area contributed by atoms with Crippen molar-refractivity contribution in [3.63, 3.8) is 0 Å². The number of amides is 1. The van der Waals surface area contributed by atoms with Crippen LogP contribution in [0.4, 0.5) is 0 Å². The maximum Gasteiger partial charge on any atom is 0.323 e. The number of halogens is 2. The van der Waals surface area contributed by atoms with Crippen molar-refractivity contribution >= 4 is 35.1 Å². The first-order chi connectivity index (χ1) is 8.81. The summed E-state index contributed by atoms with van der Waals surface area (Å²) in [6, 6.07) is 4.62. The Morgan fingerprint density at radius 2 is 2.00 bits per heavy atom. The lowest BCUT2D eigenvalue weighted by molar-refractivity contribution is -0.146. The van der Waals surface area contributed by atoms with Crippen LogP contribution in [0.5, 0.6) is 5.75 Å². The Kier molecular flexibility index (Phi) is 5.44. The zero-order valence-corrected chi connectivity index (χ0v) is 11.9. The van der Waals surface area contributed by atoms with Crippen molar-refractivity contribution in [2.24, 2.45) is 0 Å². The summed E-state index contributed by atoms with van der Waals surface area (Å²) in [5.41, 5.74) is 0. The van der Waals surface area contributed by atoms with Crippen LogP contribution in [-0.4, -0.2) is 41.6 Å². The lowest BCUT2D eigenvalue weighted by Gasteiger charge is -2.20. The van der Waals surface area contributed by atoms with Crippen molar-refractivity contribution < 1.29 is 19.4 Å². The smallest absolute Gasteiger partial charge is 0.323 e. The number of carbonyl (C=O) groups excluding carboxylic acids is 1. The predicted molar refractivity (Wildman–Crippen MR) is 71.8 cm³/mol. The molecule has 0 radical (unpaired) electrons. The Balaban J connectivity index is 2.68. The summed E-state index contributed by atoms with van der Waals surface area (Å²) >= 11 is 11.6. The molecule has 0 aliphatic heterocycles. The highest BCUT2D eigenvalue weighted by atomic mass is 35.5. The lowest BCUT2D eigenvalue weighted by atomic mass is 10.3. The summed E-state index contributed by atoms with van der Waals surface area (Å²) in [5, 5.41) is 9.31. The average molecular weight is 306 g/mol. The number of benzene rings is 1. The molecule has 1 amide bonds. The first-order valence-electron chi connectivity index (χ1n) is 5.39. The molecule has 0 aromatic heterocycles. The van der Waals surface area contributed by atoms with E-state index in [4.69, 9.17) is 33.0 Å². The summed E-state index contributed by atoms with van der Waals surface area (Å²) < 4.78 is 5.39. The largest absolute Gasteiger partial charge is 0.481 e. The van der Waals surface area contributed by atoms with Gasteiger partial charge in [-0.1, -0.05) is 23.2 Å². The number of aliphatic carboxylic acids is 1. The lowest BCUT2D eigenvalue weighted by Crippen LogP contribution is -2.40. The van der Waals surface area contributed by atoms with Gasteiger partial charge >= 0.3 is 5.97 Å². The summed E-state index contributed by atoms with van der Waals surface area (Å²) in [6.45, 7) is 1.15. The molecule has 0 aliphatic rings. The van der Waals surface area contributed by atoms with Crippen molar-refractivity contribution in [2.75, 3.05) is 13.6 Å². The van der Waals surface area contributed by atoms with Crippen LogP contribution in [0.2, 0.25) is 10.0 Å². The van der Waals surface area contributed by atoms with E-state index in [1.807, 2.05) is 0 Å². The van der Waals surface area contributed by atoms with Crippen LogP contribution in [-0.2, 0) is 9.59 Å². The highest BCUT2D eigenvalue weighted by molar-refractivity contribution is 6.42. The number of carbonyl (C=O) groups is 2. The summed E-state index contributed by atoms with van der Waals surface area (Å²) in [6.07, 6.45) is -0.818. The van der Waals surface area contributed by atoms with E-state index < -0.39 is 18.0 Å². The normalized spacial score (nSPS) is 11.8. The molecule has 1 atom stereocenters. The van der Waals surface area contributed by atoms with Gasteiger partial charge in [0.1, 0.15) is 12.3 Å². The molecule has 19 heavy (non-hydrogen) atoms. The van der Waals surface area contributed by atoms with Crippen molar-refractivity contribution in [3.8, 4) is 5.75 Å². The van der Waals surface area contributed by atoms with E-state index in [1.165, 1.54) is 20.0 Å². The zero-order chi connectivity index (χ0) is 14.6. The van der Waals surface area contributed by atoms with Crippen LogP contribution in [0.1, 0.15) is 6.92 Å². The topological polar surface area (TPSA) is 66.8 Å². The minimum absolute atomic E-state index is 0.317. The van der Waals surface area contributed by atoms with Crippen molar-refractivity contribution in [3.05, 3.63) is 28.2 Å². The molecule has 1 N–H and O–H groups in total. The van der Waals surface area contributed by atoms with Gasteiger partial charge in [-0.3, -0.25) is 9.59 Å². The fourth-order valence-corrected chi connectivity index (χ4v) is 1.68. The van der Waals surface area contributed by atoms with E-state index in [2.05, 4.69) is 0 Å². The van der Waals surface area contributed by atoms with E-state index in [9.17, 15) is 9.59 Å². The van der Waals surface area contributed by atoms with Gasteiger partial charge in [0.2, 0.25) is 0 Å². The molecule has 1 rings (SSSR count). The Hall–Kier alpha value is -1.46. The highest BCUT2D eigenvalue weighted by Gasteiger charge is 2.21. The summed E-state index contributed by atoms with van der Waals surface area (Å²) in [5.74, 6) is -1.13. The average Bonchev–Trinajstić information content (AvgIpc) is 2.32. The monoisotopic (exact) mass is 305 g/mol. The van der Waals surface area contributed by atoms with Crippen molar-refractivity contribution in [2.45, 2.75) is 13.0 Å². The SMILES string of the molecule is CC(Oc1ccc(Cl)c(Cl)c1)C(=O)N(C)CC(=O)O. The molecule has 5 nitrogen and oxygen atoms in total. The van der Waals surface area contributed by atoms with Crippen molar-refractivity contribution in [1.29, 1.82) is 0 Å². The number of carboxylic acids is 1. The molecule has 0 aliphatic carbocycles. The third-order valence-electron chi connectivity index (χ3n) is 2.30. The number of rotatable bonds is 5. The van der Waals surface area contributed by atoms with E-state index in [1.54, 1.807) is 12.1 Å². The van der Waals surface area contributed by atoms with Crippen molar-refractivity contribution in [1.82, 2.24) is 4.90 Å². The second-order valence-electron chi connectivity index (χ2n) is 3.92. The molecule has 0 spiro atoms. The zero-order valence-electron chi connectivity index (χ0n) is 10.4. The predicted octanol–water partition coefficient (Wildman–Crippen LogP) is 2.30. The number of nitrogens with zero attached hydrogens (tertiary/aromatic N) is 1. The third-order valence-corrected chi connectivity index (χ3v) is 3.04. The number of hydrogen-bond acceptors (Lipinski definition) is 3. The number of ether oxygens (including phenoxy) is 1. The van der Waals surface area contributed by atoms with Gasteiger partial charge in [-0.25, -0.2) is 0 Å². The molecule has 0 heterocycles. The van der Waals surface area contributed by atoms with Gasteiger partial charge in [-0.05, 0) is 19.1 Å². The molecule has 0 bridgehead atoms. The number of likely N-dealkylation sites (N-methyl/N-ethyl adjacent to an activating group) is 1. The van der Waals surface area contributed by atoms with Gasteiger partial charge in [0, 0.05) is 13.1 Å². The van der Waals surface area contributed by atoms with E-state index in [0.29, 0.717) is 15.8 Å². The summed E-state index contributed by atoms with van der Waals surface area (Å²) in [7, 11) is 1.39. The molecule has 0 saturated carbocycles. The Morgan fingerprint density at radius 1 is 1.37 bits per heavy atom. The molecular weight excluding hydrogens is 293 g/mol. The molecule has 0 saturated heterocycles. The highest BCUT2D eigenvalue weighted by Crippen LogP contribution is 2.26. The van der Waals surface area contributed by atoms with Crippen LogP contribution in [0.15, 0.2) is 18.2 Å². The number of hydrogen-bond donors (Lipinski definition) is 1. The second kappa shape index (κ2) is 6.63. The molecule has 1 unspecified atom stereocenters. The van der Waals surface area contributed by atoms with Gasteiger partial charge in [-0.15, -0.1) is 0 Å². The summed E-state index contributed by atoms with van der Waals surface area (Å²) in [4.78, 5) is 23.4. The standard InChI is InChI=1S/C12H13Cl2NO4/c1-7(12(18)15(2)6-11(16)17)19-8-3-4-9(13)10(14)5-8/h3-5,7H,6H2,1-2H3,(H,16,17). The Morgan fingerprint density at radius 3 is 2.53 bits per heavy atom. The molecule has 1 aromatic rings. The molecular formula is C12H13Cl2NO4. The molecule has 1 aromatic carbocycles. The fourth-order valence-electron chi connectivity index (χ4n) is 1.40. The van der Waals surface area contributed by atoms with Gasteiger partial charge in [-0.2, -0.15) is 0 Å². The van der Waals surface area contributed by atoms with Gasteiger partial charge in [0.15, 0.2) is 6.10 Å². The minimum atomic E-state index is -1.09. The van der Waals surface area contributed by atoms with Gasteiger partial charge in [0.25, 0.3) is 5.91 Å². The second-order valence-corrected chi connectivity index (χ2v) is 4.74. The molecule has 104 valence electrons. The quantitative estimate of drug-likeness (QED) is 0.906. The molecule has 0 fully saturated rings. The van der Waals surface area contributed by atoms with Crippen LogP contribution >= 0.6 is 23.2 Å². The first-order valence-corrected chi connectivity index (χ1v) is 6.15. The van der Waals surface area contributed by atoms with E-state index in [0.717, 1.165) is 4.90 Å². The van der Waals surface area contributed by atoms with Crippen LogP contribution in [0.25, 0.3) is 0 Å². The molecule has 7 heteroatoms. The van der Waals surface area contributed by atoms with E-state index in [-0.39, 0.29) is 6.54 Å². The maximum absolute atomic E-state index is 11.8. The maximum atomic E-state index is 11.8. The van der Waals surface area contributed by atoms with Gasteiger partial charge in [0.05, 0.1) is 10.0 Å². The minimum Gasteiger partial charge on any atom is -0.481 e. The Labute approximate surface area is 120 Å². The first kappa shape index (κ1) is 15.6.